The van der Waals surface area contributed by atoms with Crippen LogP contribution in [-0.2, 0) is 14.3 Å². The minimum Gasteiger partial charge on any atom is -0.452 e. The minimum atomic E-state index is -0.960. The van der Waals surface area contributed by atoms with E-state index in [0.717, 1.165) is 11.0 Å². The Hall–Kier alpha value is -3.26. The molecule has 0 aliphatic heterocycles. The van der Waals surface area contributed by atoms with E-state index in [-0.39, 0.29) is 11.5 Å². The van der Waals surface area contributed by atoms with Crippen LogP contribution in [0.5, 0.6) is 0 Å². The number of carbonyl (C=O) groups excluding carboxylic acids is 3. The van der Waals surface area contributed by atoms with E-state index >= 15 is 0 Å². The summed E-state index contributed by atoms with van der Waals surface area (Å²) in [5.74, 6) is -1.03. The van der Waals surface area contributed by atoms with E-state index in [1.54, 1.807) is 30.5 Å². The number of nitrogens with one attached hydrogen (secondary N) is 1. The number of anilines is 1. The molecule has 29 heavy (non-hydrogen) atoms. The number of ketones is 1. The van der Waals surface area contributed by atoms with Crippen LogP contribution in [0.15, 0.2) is 59.8 Å². The van der Waals surface area contributed by atoms with E-state index in [0.29, 0.717) is 16.3 Å². The lowest BCUT2D eigenvalue weighted by Gasteiger charge is -2.13. The van der Waals surface area contributed by atoms with E-state index < -0.39 is 18.0 Å². The van der Waals surface area contributed by atoms with Gasteiger partial charge < -0.3 is 10.1 Å². The zero-order valence-corrected chi connectivity index (χ0v) is 16.7. The van der Waals surface area contributed by atoms with Crippen molar-refractivity contribution in [3.8, 4) is 0 Å². The average Bonchev–Trinajstić information content (AvgIpc) is 2.72. The highest BCUT2D eigenvalue weighted by Gasteiger charge is 2.18. The van der Waals surface area contributed by atoms with Crippen molar-refractivity contribution < 1.29 is 19.1 Å². The Kier molecular flexibility index (Phi) is 6.56. The van der Waals surface area contributed by atoms with Gasteiger partial charge in [-0.05, 0) is 50.2 Å². The third kappa shape index (κ3) is 5.61. The van der Waals surface area contributed by atoms with Crippen molar-refractivity contribution in [3.05, 3.63) is 60.3 Å². The Balaban J connectivity index is 1.49. The van der Waals surface area contributed by atoms with Crippen LogP contribution in [0.3, 0.4) is 0 Å². The zero-order valence-electron chi connectivity index (χ0n) is 15.9. The van der Waals surface area contributed by atoms with Crippen molar-refractivity contribution in [2.75, 3.05) is 11.1 Å². The first-order valence-corrected chi connectivity index (χ1v) is 9.87. The number of thioether (sulfide) groups is 1. The summed E-state index contributed by atoms with van der Waals surface area (Å²) in [6, 6.07) is 13.9. The number of nitrogens with zero attached hydrogens (tertiary/aromatic N) is 2. The van der Waals surface area contributed by atoms with Crippen LogP contribution in [0.1, 0.15) is 24.2 Å². The van der Waals surface area contributed by atoms with Crippen LogP contribution >= 0.6 is 11.8 Å². The first-order chi connectivity index (χ1) is 13.9. The number of benzene rings is 2. The standard InChI is InChI=1S/C21H19N3O4S/c1-13(25)15-7-9-16(10-8-15)23-21(27)14(2)28-20(26)12-29-19-11-22-17-5-3-4-6-18(17)24-19/h3-11,14H,12H2,1-2H3,(H,23,27). The predicted molar refractivity (Wildman–Crippen MR) is 111 cm³/mol. The highest BCUT2D eigenvalue weighted by molar-refractivity contribution is 7.99. The molecule has 0 saturated carbocycles. The van der Waals surface area contributed by atoms with E-state index in [9.17, 15) is 14.4 Å². The van der Waals surface area contributed by atoms with Gasteiger partial charge >= 0.3 is 5.97 Å². The van der Waals surface area contributed by atoms with Gasteiger partial charge in [0.2, 0.25) is 0 Å². The van der Waals surface area contributed by atoms with Crippen molar-refractivity contribution in [2.24, 2.45) is 0 Å². The smallest absolute Gasteiger partial charge is 0.317 e. The number of esters is 1. The van der Waals surface area contributed by atoms with Gasteiger partial charge in [-0.2, -0.15) is 0 Å². The van der Waals surface area contributed by atoms with Gasteiger partial charge in [-0.1, -0.05) is 23.9 Å². The Morgan fingerprint density at radius 2 is 1.76 bits per heavy atom. The number of ether oxygens (including phenoxy) is 1. The molecule has 1 aromatic heterocycles. The lowest BCUT2D eigenvalue weighted by molar-refractivity contribution is -0.150. The molecular weight excluding hydrogens is 390 g/mol. The number of rotatable bonds is 7. The number of hydrogen-bond acceptors (Lipinski definition) is 7. The summed E-state index contributed by atoms with van der Waals surface area (Å²) in [6.45, 7) is 2.97. The summed E-state index contributed by atoms with van der Waals surface area (Å²) in [5, 5.41) is 3.25. The lowest BCUT2D eigenvalue weighted by Crippen LogP contribution is -2.30. The van der Waals surface area contributed by atoms with Gasteiger partial charge in [-0.3, -0.25) is 19.4 Å². The first-order valence-electron chi connectivity index (χ1n) is 8.88. The van der Waals surface area contributed by atoms with Crippen LogP contribution in [0.25, 0.3) is 11.0 Å². The summed E-state index contributed by atoms with van der Waals surface area (Å²) < 4.78 is 5.18. The molecule has 3 aromatic rings. The molecule has 1 unspecified atom stereocenters. The van der Waals surface area contributed by atoms with Gasteiger partial charge in [0.25, 0.3) is 5.91 Å². The fraction of sp³-hybridized carbons (Fsp3) is 0.190. The molecule has 0 bridgehead atoms. The SMILES string of the molecule is CC(=O)c1ccc(NC(=O)C(C)OC(=O)CSc2cnc3ccccc3n2)cc1. The third-order valence-electron chi connectivity index (χ3n) is 4.00. The van der Waals surface area contributed by atoms with Gasteiger partial charge in [-0.25, -0.2) is 4.98 Å². The molecule has 0 fully saturated rings. The second-order valence-electron chi connectivity index (χ2n) is 6.24. The molecule has 8 heteroatoms. The molecule has 148 valence electrons. The van der Waals surface area contributed by atoms with Crippen molar-refractivity contribution in [2.45, 2.75) is 25.0 Å². The fourth-order valence-electron chi connectivity index (χ4n) is 2.46. The summed E-state index contributed by atoms with van der Waals surface area (Å²) in [4.78, 5) is 44.3. The molecule has 3 rings (SSSR count). The van der Waals surface area contributed by atoms with E-state index in [4.69, 9.17) is 4.74 Å². The number of hydrogen-bond donors (Lipinski definition) is 1. The van der Waals surface area contributed by atoms with Crippen LogP contribution in [0.4, 0.5) is 5.69 Å². The normalized spacial score (nSPS) is 11.7. The fourth-order valence-corrected chi connectivity index (χ4v) is 3.08. The van der Waals surface area contributed by atoms with E-state index in [1.807, 2.05) is 24.3 Å². The number of para-hydroxylation sites is 2. The second kappa shape index (κ2) is 9.29. The molecule has 0 saturated heterocycles. The molecule has 0 aliphatic carbocycles. The maximum atomic E-state index is 12.2. The largest absolute Gasteiger partial charge is 0.452 e. The average molecular weight is 409 g/mol. The van der Waals surface area contributed by atoms with Crippen LogP contribution in [0.2, 0.25) is 0 Å². The molecule has 7 nitrogen and oxygen atoms in total. The van der Waals surface area contributed by atoms with Crippen molar-refractivity contribution in [1.82, 2.24) is 9.97 Å². The monoisotopic (exact) mass is 409 g/mol. The number of Topliss-reactive ketones (excluding diaryl/α,β-unsaturated/α-hetero) is 1. The van der Waals surface area contributed by atoms with Crippen LogP contribution < -0.4 is 5.32 Å². The molecule has 1 amide bonds. The van der Waals surface area contributed by atoms with Gasteiger partial charge in [0, 0.05) is 11.3 Å². The summed E-state index contributed by atoms with van der Waals surface area (Å²) in [7, 11) is 0. The van der Waals surface area contributed by atoms with Crippen molar-refractivity contribution >= 4 is 46.1 Å². The van der Waals surface area contributed by atoms with Gasteiger partial charge in [-0.15, -0.1) is 0 Å². The summed E-state index contributed by atoms with van der Waals surface area (Å²) >= 11 is 1.19. The van der Waals surface area contributed by atoms with Crippen molar-refractivity contribution in [3.63, 3.8) is 0 Å². The van der Waals surface area contributed by atoms with E-state index in [1.165, 1.54) is 25.6 Å². The minimum absolute atomic E-state index is 0.0119. The molecule has 0 spiro atoms. The predicted octanol–water partition coefficient (Wildman–Crippen LogP) is 3.49. The molecule has 1 atom stereocenters. The van der Waals surface area contributed by atoms with Crippen LogP contribution in [0, 0.1) is 0 Å². The number of carbonyl (C=O) groups is 3. The van der Waals surface area contributed by atoms with Gasteiger partial charge in [0.05, 0.1) is 23.0 Å². The highest BCUT2D eigenvalue weighted by Crippen LogP contribution is 2.18. The molecule has 1 heterocycles. The Morgan fingerprint density at radius 3 is 2.45 bits per heavy atom. The summed E-state index contributed by atoms with van der Waals surface area (Å²) in [5.41, 5.74) is 2.59. The zero-order chi connectivity index (χ0) is 20.8. The molecule has 2 aromatic carbocycles. The quantitative estimate of drug-likeness (QED) is 0.362. The van der Waals surface area contributed by atoms with Gasteiger partial charge in [0.15, 0.2) is 11.9 Å². The Morgan fingerprint density at radius 1 is 1.07 bits per heavy atom. The molecule has 0 aliphatic rings. The first kappa shape index (κ1) is 20.5. The third-order valence-corrected chi connectivity index (χ3v) is 4.87. The number of amides is 1. The maximum absolute atomic E-state index is 12.2. The van der Waals surface area contributed by atoms with E-state index in [2.05, 4.69) is 15.3 Å². The summed E-state index contributed by atoms with van der Waals surface area (Å²) in [6.07, 6.45) is 0.638. The molecule has 0 radical (unpaired) electrons. The molecular formula is C21H19N3O4S. The molecule has 1 N–H and O–H groups in total. The second-order valence-corrected chi connectivity index (χ2v) is 7.24. The number of aromatic nitrogens is 2. The van der Waals surface area contributed by atoms with Crippen LogP contribution in [-0.4, -0.2) is 39.5 Å². The Labute approximate surface area is 171 Å². The maximum Gasteiger partial charge on any atom is 0.317 e. The lowest BCUT2D eigenvalue weighted by atomic mass is 10.1. The highest BCUT2D eigenvalue weighted by atomic mass is 32.2. The Bertz CT molecular complexity index is 1050. The van der Waals surface area contributed by atoms with Crippen molar-refractivity contribution in [1.29, 1.82) is 0 Å². The van der Waals surface area contributed by atoms with Gasteiger partial charge in [0.1, 0.15) is 5.03 Å². The number of fused-ring (bicyclic) bond motifs is 1. The topological polar surface area (TPSA) is 98.2 Å².